The van der Waals surface area contributed by atoms with E-state index in [1.807, 2.05) is 0 Å². The number of ether oxygens (including phenoxy) is 1. The second-order valence-corrected chi connectivity index (χ2v) is 8.79. The standard InChI is InChI=1S/C19H25F2N3O5/c1-18(2,3)24(16(25)26)8-12-7-23(17(27)29-12)11-5-13(20)15(14(21)6-11)22-9-19(4,28)10-22/h5-6,12,28H,7-10H2,1-4H3,(H,25,26)/t12-/m1/s1. The SMILES string of the molecule is CC1(O)CN(c2c(F)cc(N3C[C@H](CN(C(=O)O)C(C)(C)C)OC3=O)cc2F)C1. The molecule has 0 spiro atoms. The van der Waals surface area contributed by atoms with Crippen molar-refractivity contribution in [3.05, 3.63) is 23.8 Å². The first-order valence-electron chi connectivity index (χ1n) is 9.23. The fourth-order valence-corrected chi connectivity index (χ4v) is 3.61. The van der Waals surface area contributed by atoms with E-state index in [4.69, 9.17) is 4.74 Å². The Morgan fingerprint density at radius 3 is 2.31 bits per heavy atom. The van der Waals surface area contributed by atoms with Crippen LogP contribution in [0.3, 0.4) is 0 Å². The van der Waals surface area contributed by atoms with Gasteiger partial charge < -0.3 is 19.8 Å². The van der Waals surface area contributed by atoms with Gasteiger partial charge in [0.1, 0.15) is 11.8 Å². The van der Waals surface area contributed by atoms with Crippen LogP contribution in [0.2, 0.25) is 0 Å². The van der Waals surface area contributed by atoms with Gasteiger partial charge in [-0.15, -0.1) is 0 Å². The molecule has 10 heteroatoms. The second-order valence-electron chi connectivity index (χ2n) is 8.79. The van der Waals surface area contributed by atoms with Gasteiger partial charge in [0.2, 0.25) is 0 Å². The van der Waals surface area contributed by atoms with Crippen molar-refractivity contribution in [1.29, 1.82) is 0 Å². The third-order valence-electron chi connectivity index (χ3n) is 4.99. The third-order valence-corrected chi connectivity index (χ3v) is 4.99. The van der Waals surface area contributed by atoms with Crippen LogP contribution in [0.25, 0.3) is 0 Å². The van der Waals surface area contributed by atoms with Crippen molar-refractivity contribution in [2.75, 3.05) is 36.0 Å². The summed E-state index contributed by atoms with van der Waals surface area (Å²) in [6.07, 6.45) is -2.72. The van der Waals surface area contributed by atoms with Crippen molar-refractivity contribution in [3.8, 4) is 0 Å². The Hall–Kier alpha value is -2.62. The van der Waals surface area contributed by atoms with Crippen LogP contribution in [-0.4, -0.2) is 70.7 Å². The molecular weight excluding hydrogens is 388 g/mol. The zero-order chi connectivity index (χ0) is 21.7. The molecule has 0 radical (unpaired) electrons. The number of hydrogen-bond acceptors (Lipinski definition) is 5. The number of cyclic esters (lactones) is 1. The van der Waals surface area contributed by atoms with Crippen LogP contribution in [0.5, 0.6) is 0 Å². The highest BCUT2D eigenvalue weighted by molar-refractivity contribution is 5.90. The Bertz CT molecular complexity index is 809. The van der Waals surface area contributed by atoms with Gasteiger partial charge in [-0.3, -0.25) is 9.80 Å². The molecule has 2 heterocycles. The Kier molecular flexibility index (Phi) is 5.10. The zero-order valence-corrected chi connectivity index (χ0v) is 16.8. The monoisotopic (exact) mass is 413 g/mol. The number of carbonyl (C=O) groups is 2. The molecule has 2 aliphatic heterocycles. The molecule has 1 aromatic carbocycles. The van der Waals surface area contributed by atoms with Crippen molar-refractivity contribution < 1.29 is 33.3 Å². The van der Waals surface area contributed by atoms with Crippen LogP contribution >= 0.6 is 0 Å². The maximum absolute atomic E-state index is 14.6. The highest BCUT2D eigenvalue weighted by atomic mass is 19.1. The summed E-state index contributed by atoms with van der Waals surface area (Å²) < 4.78 is 34.3. The highest BCUT2D eigenvalue weighted by Crippen LogP contribution is 2.35. The third kappa shape index (κ3) is 4.21. The Morgan fingerprint density at radius 1 is 1.31 bits per heavy atom. The lowest BCUT2D eigenvalue weighted by Crippen LogP contribution is -2.60. The van der Waals surface area contributed by atoms with E-state index in [0.29, 0.717) is 0 Å². The molecule has 0 saturated carbocycles. The molecule has 2 amide bonds. The van der Waals surface area contributed by atoms with Gasteiger partial charge in [-0.25, -0.2) is 18.4 Å². The molecule has 0 unspecified atom stereocenters. The number of halogens is 2. The first kappa shape index (κ1) is 21.1. The second kappa shape index (κ2) is 7.01. The fourth-order valence-electron chi connectivity index (χ4n) is 3.61. The number of amides is 2. The first-order valence-corrected chi connectivity index (χ1v) is 9.23. The van der Waals surface area contributed by atoms with E-state index in [0.717, 1.165) is 21.9 Å². The maximum Gasteiger partial charge on any atom is 0.414 e. The van der Waals surface area contributed by atoms with Gasteiger partial charge in [0.15, 0.2) is 11.6 Å². The van der Waals surface area contributed by atoms with Gasteiger partial charge in [0.25, 0.3) is 0 Å². The summed E-state index contributed by atoms with van der Waals surface area (Å²) in [4.78, 5) is 27.3. The van der Waals surface area contributed by atoms with Crippen LogP contribution in [0.15, 0.2) is 12.1 Å². The first-order chi connectivity index (χ1) is 13.3. The molecule has 1 atom stereocenters. The Balaban J connectivity index is 1.76. The molecule has 2 aliphatic rings. The number of benzene rings is 1. The minimum Gasteiger partial charge on any atom is -0.465 e. The summed E-state index contributed by atoms with van der Waals surface area (Å²) in [6, 6.07) is 2.07. The number of anilines is 2. The Morgan fingerprint density at radius 2 is 1.86 bits per heavy atom. The normalized spacial score (nSPS) is 21.1. The average molecular weight is 413 g/mol. The van der Waals surface area contributed by atoms with Crippen molar-refractivity contribution in [3.63, 3.8) is 0 Å². The number of β-amino-alcohol motifs (C(OH)–C–C–N with tert-alkyl or cyclic N) is 1. The number of carbonyl (C=O) groups excluding carboxylic acids is 1. The van der Waals surface area contributed by atoms with Crippen LogP contribution in [0.1, 0.15) is 27.7 Å². The fraction of sp³-hybridized carbons (Fsp3) is 0.579. The maximum atomic E-state index is 14.6. The molecular formula is C19H25F2N3O5. The number of rotatable bonds is 4. The molecule has 2 N–H and O–H groups in total. The molecule has 2 saturated heterocycles. The van der Waals surface area contributed by atoms with Crippen LogP contribution in [-0.2, 0) is 4.74 Å². The summed E-state index contributed by atoms with van der Waals surface area (Å²) in [6.45, 7) is 6.83. The highest BCUT2D eigenvalue weighted by Gasteiger charge is 2.41. The predicted molar refractivity (Wildman–Crippen MR) is 101 cm³/mol. The van der Waals surface area contributed by atoms with E-state index in [9.17, 15) is 28.6 Å². The molecule has 29 heavy (non-hydrogen) atoms. The van der Waals surface area contributed by atoms with Crippen molar-refractivity contribution in [2.24, 2.45) is 0 Å². The van der Waals surface area contributed by atoms with E-state index < -0.39 is 41.1 Å². The summed E-state index contributed by atoms with van der Waals surface area (Å²) in [5.41, 5.74) is -1.97. The predicted octanol–water partition coefficient (Wildman–Crippen LogP) is 2.64. The smallest absolute Gasteiger partial charge is 0.414 e. The molecule has 0 bridgehead atoms. The van der Waals surface area contributed by atoms with Crippen molar-refractivity contribution in [2.45, 2.75) is 44.9 Å². The molecule has 1 aromatic rings. The van der Waals surface area contributed by atoms with Gasteiger partial charge in [0.05, 0.1) is 24.4 Å². The van der Waals surface area contributed by atoms with Crippen molar-refractivity contribution >= 4 is 23.6 Å². The van der Waals surface area contributed by atoms with Gasteiger partial charge in [-0.2, -0.15) is 0 Å². The average Bonchev–Trinajstić information content (AvgIpc) is 2.89. The lowest BCUT2D eigenvalue weighted by Gasteiger charge is -2.45. The van der Waals surface area contributed by atoms with E-state index in [-0.39, 0.29) is 37.6 Å². The lowest BCUT2D eigenvalue weighted by molar-refractivity contribution is 0.0302. The van der Waals surface area contributed by atoms with Gasteiger partial charge in [-0.05, 0) is 27.7 Å². The minimum atomic E-state index is -1.15. The lowest BCUT2D eigenvalue weighted by atomic mass is 9.96. The molecule has 160 valence electrons. The van der Waals surface area contributed by atoms with E-state index in [2.05, 4.69) is 0 Å². The summed E-state index contributed by atoms with van der Waals surface area (Å²) in [5.74, 6) is -1.71. The van der Waals surface area contributed by atoms with E-state index in [1.54, 1.807) is 27.7 Å². The Labute approximate surface area is 167 Å². The van der Waals surface area contributed by atoms with E-state index >= 15 is 0 Å². The molecule has 2 fully saturated rings. The number of aliphatic hydroxyl groups is 1. The van der Waals surface area contributed by atoms with Crippen molar-refractivity contribution in [1.82, 2.24) is 4.90 Å². The molecule has 0 aromatic heterocycles. The summed E-state index contributed by atoms with van der Waals surface area (Å²) >= 11 is 0. The van der Waals surface area contributed by atoms with Crippen LogP contribution in [0, 0.1) is 11.6 Å². The molecule has 8 nitrogen and oxygen atoms in total. The van der Waals surface area contributed by atoms with E-state index in [1.165, 1.54) is 4.90 Å². The summed E-state index contributed by atoms with van der Waals surface area (Å²) in [5, 5.41) is 19.2. The van der Waals surface area contributed by atoms with Crippen LogP contribution < -0.4 is 9.80 Å². The van der Waals surface area contributed by atoms with Gasteiger partial charge in [-0.1, -0.05) is 0 Å². The van der Waals surface area contributed by atoms with Crippen LogP contribution in [0.4, 0.5) is 29.7 Å². The van der Waals surface area contributed by atoms with Gasteiger partial charge in [0, 0.05) is 30.8 Å². The largest absolute Gasteiger partial charge is 0.465 e. The number of hydrogen-bond donors (Lipinski definition) is 2. The minimum absolute atomic E-state index is 0.0128. The topological polar surface area (TPSA) is 93.6 Å². The number of nitrogens with zero attached hydrogens (tertiary/aromatic N) is 3. The quantitative estimate of drug-likeness (QED) is 0.788. The molecule has 3 rings (SSSR count). The summed E-state index contributed by atoms with van der Waals surface area (Å²) in [7, 11) is 0. The number of carboxylic acid groups (broad SMARTS) is 1. The zero-order valence-electron chi connectivity index (χ0n) is 16.8. The van der Waals surface area contributed by atoms with Gasteiger partial charge >= 0.3 is 12.2 Å². The molecule has 0 aliphatic carbocycles.